The summed E-state index contributed by atoms with van der Waals surface area (Å²) in [7, 11) is 0. The Kier molecular flexibility index (Phi) is 5.59. The van der Waals surface area contributed by atoms with Crippen LogP contribution in [0.4, 0.5) is 4.79 Å². The van der Waals surface area contributed by atoms with Crippen molar-refractivity contribution < 1.29 is 4.79 Å². The molecule has 1 saturated heterocycles. The average Bonchev–Trinajstić information content (AvgIpc) is 2.87. The lowest BCUT2D eigenvalue weighted by molar-refractivity contribution is 0.200. The molecule has 23 heavy (non-hydrogen) atoms. The lowest BCUT2D eigenvalue weighted by atomic mass is 10.1. The van der Waals surface area contributed by atoms with Crippen LogP contribution < -0.4 is 5.32 Å². The normalized spacial score (nSPS) is 18.3. The summed E-state index contributed by atoms with van der Waals surface area (Å²) in [5.74, 6) is 0.984. The summed E-state index contributed by atoms with van der Waals surface area (Å²) in [6.45, 7) is 2.22. The smallest absolute Gasteiger partial charge is 0.317 e. The van der Waals surface area contributed by atoms with Gasteiger partial charge in [0.15, 0.2) is 0 Å². The van der Waals surface area contributed by atoms with Gasteiger partial charge in [0.25, 0.3) is 0 Å². The number of urea groups is 1. The molecule has 0 aliphatic carbocycles. The number of benzene rings is 2. The number of rotatable bonds is 3. The van der Waals surface area contributed by atoms with Crippen LogP contribution in [0.1, 0.15) is 22.8 Å². The fourth-order valence-electron chi connectivity index (χ4n) is 2.79. The largest absolute Gasteiger partial charge is 0.334 e. The zero-order chi connectivity index (χ0) is 15.9. The van der Waals surface area contributed by atoms with Gasteiger partial charge in [-0.05, 0) is 17.5 Å². The van der Waals surface area contributed by atoms with Crippen molar-refractivity contribution in [1.29, 1.82) is 0 Å². The second-order valence-corrected chi connectivity index (χ2v) is 7.00. The van der Waals surface area contributed by atoms with E-state index in [0.717, 1.165) is 30.8 Å². The standard InChI is InChI=1S/C19H22N2OS/c22-19(20-15-16-7-3-1-4-8-16)21-12-11-18(23-14-13-21)17-9-5-2-6-10-17/h1-10,18H,11-15H2,(H,20,22). The van der Waals surface area contributed by atoms with Gasteiger partial charge < -0.3 is 10.2 Å². The summed E-state index contributed by atoms with van der Waals surface area (Å²) in [5, 5.41) is 3.52. The number of carbonyl (C=O) groups is 1. The van der Waals surface area contributed by atoms with Crippen molar-refractivity contribution in [2.75, 3.05) is 18.8 Å². The zero-order valence-electron chi connectivity index (χ0n) is 13.2. The first kappa shape index (κ1) is 15.9. The summed E-state index contributed by atoms with van der Waals surface area (Å²) >= 11 is 1.95. The maximum atomic E-state index is 12.4. The van der Waals surface area contributed by atoms with E-state index in [-0.39, 0.29) is 6.03 Å². The van der Waals surface area contributed by atoms with Gasteiger partial charge in [-0.3, -0.25) is 0 Å². The molecule has 0 saturated carbocycles. The third-order valence-electron chi connectivity index (χ3n) is 4.09. The number of carbonyl (C=O) groups excluding carboxylic acids is 1. The Morgan fingerprint density at radius 1 is 1.04 bits per heavy atom. The minimum absolute atomic E-state index is 0.0446. The Morgan fingerprint density at radius 3 is 2.48 bits per heavy atom. The van der Waals surface area contributed by atoms with E-state index in [1.165, 1.54) is 5.56 Å². The van der Waals surface area contributed by atoms with E-state index >= 15 is 0 Å². The molecule has 0 spiro atoms. The van der Waals surface area contributed by atoms with Crippen molar-refractivity contribution in [3.63, 3.8) is 0 Å². The first-order valence-electron chi connectivity index (χ1n) is 8.06. The van der Waals surface area contributed by atoms with E-state index in [1.54, 1.807) is 0 Å². The molecule has 3 rings (SSSR count). The van der Waals surface area contributed by atoms with Gasteiger partial charge in [-0.15, -0.1) is 0 Å². The molecule has 120 valence electrons. The molecule has 0 radical (unpaired) electrons. The Hall–Kier alpha value is -1.94. The Bertz CT molecular complexity index is 618. The highest BCUT2D eigenvalue weighted by Gasteiger charge is 2.21. The molecule has 0 aromatic heterocycles. The molecule has 2 aromatic rings. The second kappa shape index (κ2) is 8.06. The van der Waals surface area contributed by atoms with Crippen LogP contribution in [-0.2, 0) is 6.54 Å². The fourth-order valence-corrected chi connectivity index (χ4v) is 4.02. The molecule has 1 aliphatic rings. The zero-order valence-corrected chi connectivity index (χ0v) is 14.0. The summed E-state index contributed by atoms with van der Waals surface area (Å²) in [6, 6.07) is 20.7. The summed E-state index contributed by atoms with van der Waals surface area (Å²) in [6.07, 6.45) is 1.01. The molecule has 2 aromatic carbocycles. The topological polar surface area (TPSA) is 32.3 Å². The fraction of sp³-hybridized carbons (Fsp3) is 0.316. The number of nitrogens with one attached hydrogen (secondary N) is 1. The van der Waals surface area contributed by atoms with Crippen molar-refractivity contribution in [2.45, 2.75) is 18.2 Å². The maximum Gasteiger partial charge on any atom is 0.317 e. The number of thioether (sulfide) groups is 1. The molecule has 1 heterocycles. The van der Waals surface area contributed by atoms with E-state index in [2.05, 4.69) is 29.6 Å². The number of hydrogen-bond acceptors (Lipinski definition) is 2. The van der Waals surface area contributed by atoms with Gasteiger partial charge in [0.1, 0.15) is 0 Å². The van der Waals surface area contributed by atoms with Crippen molar-refractivity contribution in [2.24, 2.45) is 0 Å². The van der Waals surface area contributed by atoms with Crippen LogP contribution in [-0.4, -0.2) is 29.8 Å². The average molecular weight is 326 g/mol. The predicted molar refractivity (Wildman–Crippen MR) is 96.5 cm³/mol. The summed E-state index contributed by atoms with van der Waals surface area (Å²) in [5.41, 5.74) is 2.50. The lowest BCUT2D eigenvalue weighted by Crippen LogP contribution is -2.40. The molecule has 1 atom stereocenters. The third kappa shape index (κ3) is 4.52. The Balaban J connectivity index is 1.52. The minimum Gasteiger partial charge on any atom is -0.334 e. The monoisotopic (exact) mass is 326 g/mol. The highest BCUT2D eigenvalue weighted by molar-refractivity contribution is 7.99. The van der Waals surface area contributed by atoms with Gasteiger partial charge in [-0.2, -0.15) is 11.8 Å². The van der Waals surface area contributed by atoms with Crippen molar-refractivity contribution >= 4 is 17.8 Å². The van der Waals surface area contributed by atoms with Gasteiger partial charge in [-0.25, -0.2) is 4.79 Å². The molecule has 1 fully saturated rings. The number of amides is 2. The van der Waals surface area contributed by atoms with Crippen LogP contribution in [0.25, 0.3) is 0 Å². The minimum atomic E-state index is 0.0446. The highest BCUT2D eigenvalue weighted by atomic mass is 32.2. The van der Waals surface area contributed by atoms with Gasteiger partial charge in [0, 0.05) is 30.6 Å². The summed E-state index contributed by atoms with van der Waals surface area (Å²) < 4.78 is 0. The van der Waals surface area contributed by atoms with Gasteiger partial charge in [0.05, 0.1) is 0 Å². The number of hydrogen-bond donors (Lipinski definition) is 1. The second-order valence-electron chi connectivity index (χ2n) is 5.69. The van der Waals surface area contributed by atoms with E-state index in [1.807, 2.05) is 53.1 Å². The van der Waals surface area contributed by atoms with Gasteiger partial charge in [-0.1, -0.05) is 60.7 Å². The van der Waals surface area contributed by atoms with Crippen molar-refractivity contribution in [3.8, 4) is 0 Å². The SMILES string of the molecule is O=C(NCc1ccccc1)N1CCSC(c2ccccc2)CC1. The molecule has 1 unspecified atom stereocenters. The van der Waals surface area contributed by atoms with E-state index in [9.17, 15) is 4.79 Å². The molecular weight excluding hydrogens is 304 g/mol. The van der Waals surface area contributed by atoms with Gasteiger partial charge >= 0.3 is 6.03 Å². The number of nitrogens with zero attached hydrogens (tertiary/aromatic N) is 1. The first-order valence-corrected chi connectivity index (χ1v) is 9.11. The molecular formula is C19H22N2OS. The molecule has 4 heteroatoms. The lowest BCUT2D eigenvalue weighted by Gasteiger charge is -2.21. The van der Waals surface area contributed by atoms with Crippen molar-refractivity contribution in [3.05, 3.63) is 71.8 Å². The highest BCUT2D eigenvalue weighted by Crippen LogP contribution is 2.34. The maximum absolute atomic E-state index is 12.4. The molecule has 1 N–H and O–H groups in total. The Labute approximate surface area is 142 Å². The van der Waals surface area contributed by atoms with Crippen LogP contribution in [0.15, 0.2) is 60.7 Å². The van der Waals surface area contributed by atoms with E-state index in [4.69, 9.17) is 0 Å². The van der Waals surface area contributed by atoms with Crippen LogP contribution in [0.5, 0.6) is 0 Å². The molecule has 0 bridgehead atoms. The van der Waals surface area contributed by atoms with Crippen LogP contribution in [0.2, 0.25) is 0 Å². The predicted octanol–water partition coefficient (Wildman–Crippen LogP) is 4.08. The van der Waals surface area contributed by atoms with E-state index in [0.29, 0.717) is 11.8 Å². The van der Waals surface area contributed by atoms with E-state index < -0.39 is 0 Å². The Morgan fingerprint density at radius 2 is 1.74 bits per heavy atom. The van der Waals surface area contributed by atoms with Crippen molar-refractivity contribution in [1.82, 2.24) is 10.2 Å². The molecule has 3 nitrogen and oxygen atoms in total. The molecule has 2 amide bonds. The van der Waals surface area contributed by atoms with Gasteiger partial charge in [0.2, 0.25) is 0 Å². The summed E-state index contributed by atoms with van der Waals surface area (Å²) in [4.78, 5) is 14.3. The van der Waals surface area contributed by atoms with Crippen LogP contribution in [0.3, 0.4) is 0 Å². The quantitative estimate of drug-likeness (QED) is 0.922. The first-order chi connectivity index (χ1) is 11.3. The third-order valence-corrected chi connectivity index (χ3v) is 5.42. The molecule has 1 aliphatic heterocycles. The van der Waals surface area contributed by atoms with Crippen LogP contribution >= 0.6 is 11.8 Å². The van der Waals surface area contributed by atoms with Crippen LogP contribution in [0, 0.1) is 0 Å².